The zero-order valence-corrected chi connectivity index (χ0v) is 17.1. The molecule has 0 aliphatic carbocycles. The zero-order valence-electron chi connectivity index (χ0n) is 14.3. The van der Waals surface area contributed by atoms with Crippen molar-refractivity contribution in [2.45, 2.75) is 4.90 Å². The summed E-state index contributed by atoms with van der Waals surface area (Å²) in [6.45, 7) is 0. The molecular weight excluding hydrogens is 375 g/mol. The minimum Gasteiger partial charge on any atom is -0.465 e. The van der Waals surface area contributed by atoms with Crippen LogP contribution in [-0.4, -0.2) is 68.7 Å². The molecule has 10 heteroatoms. The fourth-order valence-corrected chi connectivity index (χ4v) is 2.43. The third kappa shape index (κ3) is 5.55. The first-order chi connectivity index (χ1) is 11.7. The molecule has 0 saturated heterocycles. The van der Waals surface area contributed by atoms with Crippen molar-refractivity contribution in [2.24, 2.45) is 0 Å². The van der Waals surface area contributed by atoms with E-state index in [1.165, 1.54) is 44.6 Å². The summed E-state index contributed by atoms with van der Waals surface area (Å²) >= 11 is 0. The molecule has 0 bridgehead atoms. The molecular formula is C16H14NaO8S. The maximum Gasteiger partial charge on any atom is 0.338 e. The Morgan fingerprint density at radius 2 is 1.31 bits per heavy atom. The second kappa shape index (κ2) is 9.15. The number of benzene rings is 2. The van der Waals surface area contributed by atoms with E-state index in [0.29, 0.717) is 0 Å². The number of rotatable bonds is 5. The monoisotopic (exact) mass is 389 g/mol. The molecule has 0 aliphatic rings. The standard InChI is InChI=1S/C16H14O8S.Na/c1-22-15(17)10-7-11(16(18)23-2)9-13(8-10)24-12-3-5-14(6-4-12)25(19,20)21;/h3-9H,1-2H3,(H,19,20,21);. The van der Waals surface area contributed by atoms with Gasteiger partial charge in [0.25, 0.3) is 10.1 Å². The Hall–Kier alpha value is -1.91. The second-order valence-corrected chi connectivity index (χ2v) is 6.20. The molecule has 0 heterocycles. The Labute approximate surface area is 172 Å². The molecule has 0 spiro atoms. The number of esters is 2. The molecule has 0 amide bonds. The summed E-state index contributed by atoms with van der Waals surface area (Å²) in [5.74, 6) is -0.970. The van der Waals surface area contributed by atoms with Crippen LogP contribution in [0.15, 0.2) is 47.4 Å². The normalized spacial score (nSPS) is 10.4. The van der Waals surface area contributed by atoms with Crippen molar-refractivity contribution in [3.63, 3.8) is 0 Å². The van der Waals surface area contributed by atoms with Gasteiger partial charge in [-0.15, -0.1) is 0 Å². The molecule has 8 nitrogen and oxygen atoms in total. The zero-order chi connectivity index (χ0) is 18.6. The van der Waals surface area contributed by atoms with E-state index in [-0.39, 0.29) is 57.1 Å². The molecule has 1 radical (unpaired) electrons. The minimum absolute atomic E-state index is 0. The molecule has 133 valence electrons. The van der Waals surface area contributed by atoms with Crippen molar-refractivity contribution in [1.29, 1.82) is 0 Å². The van der Waals surface area contributed by atoms with Crippen LogP contribution in [0.5, 0.6) is 11.5 Å². The maximum atomic E-state index is 11.7. The van der Waals surface area contributed by atoms with Crippen molar-refractivity contribution in [3.05, 3.63) is 53.6 Å². The molecule has 0 aromatic heterocycles. The summed E-state index contributed by atoms with van der Waals surface area (Å²) in [5, 5.41) is 0. The van der Waals surface area contributed by atoms with Crippen LogP contribution in [0.25, 0.3) is 0 Å². The van der Waals surface area contributed by atoms with E-state index in [1.807, 2.05) is 0 Å². The minimum atomic E-state index is -4.31. The van der Waals surface area contributed by atoms with E-state index in [1.54, 1.807) is 0 Å². The fourth-order valence-electron chi connectivity index (χ4n) is 1.95. The van der Waals surface area contributed by atoms with Crippen molar-refractivity contribution in [2.75, 3.05) is 14.2 Å². The third-order valence-electron chi connectivity index (χ3n) is 3.11. The predicted molar refractivity (Wildman–Crippen MR) is 91.2 cm³/mol. The van der Waals surface area contributed by atoms with E-state index >= 15 is 0 Å². The maximum absolute atomic E-state index is 11.7. The van der Waals surface area contributed by atoms with Crippen LogP contribution < -0.4 is 4.74 Å². The summed E-state index contributed by atoms with van der Waals surface area (Å²) in [4.78, 5) is 23.1. The van der Waals surface area contributed by atoms with E-state index in [9.17, 15) is 18.0 Å². The smallest absolute Gasteiger partial charge is 0.338 e. The Bertz CT molecular complexity index is 872. The Balaban J connectivity index is 0.00000338. The number of hydrogen-bond donors (Lipinski definition) is 1. The summed E-state index contributed by atoms with van der Waals surface area (Å²) in [6.07, 6.45) is 0. The van der Waals surface area contributed by atoms with Gasteiger partial charge in [0, 0.05) is 29.6 Å². The molecule has 26 heavy (non-hydrogen) atoms. The number of ether oxygens (including phenoxy) is 3. The molecule has 2 aromatic rings. The third-order valence-corrected chi connectivity index (χ3v) is 3.97. The fraction of sp³-hybridized carbons (Fsp3) is 0.125. The Morgan fingerprint density at radius 3 is 1.69 bits per heavy atom. The van der Waals surface area contributed by atoms with Crippen LogP contribution in [-0.2, 0) is 19.6 Å². The first kappa shape index (κ1) is 22.1. The van der Waals surface area contributed by atoms with Gasteiger partial charge in [-0.25, -0.2) is 9.59 Å². The van der Waals surface area contributed by atoms with Gasteiger partial charge in [-0.1, -0.05) is 0 Å². The van der Waals surface area contributed by atoms with Gasteiger partial charge in [0.15, 0.2) is 0 Å². The molecule has 2 rings (SSSR count). The summed E-state index contributed by atoms with van der Waals surface area (Å²) in [6, 6.07) is 8.93. The number of methoxy groups -OCH3 is 2. The van der Waals surface area contributed by atoms with E-state index in [2.05, 4.69) is 9.47 Å². The molecule has 0 atom stereocenters. The van der Waals surface area contributed by atoms with Gasteiger partial charge in [-0.3, -0.25) is 4.55 Å². The molecule has 0 aliphatic heterocycles. The summed E-state index contributed by atoms with van der Waals surface area (Å²) in [5.41, 5.74) is 0.157. The summed E-state index contributed by atoms with van der Waals surface area (Å²) < 4.78 is 45.8. The molecule has 0 saturated carbocycles. The second-order valence-electron chi connectivity index (χ2n) is 4.78. The van der Waals surface area contributed by atoms with E-state index in [4.69, 9.17) is 9.29 Å². The van der Waals surface area contributed by atoms with E-state index < -0.39 is 22.1 Å². The predicted octanol–water partition coefficient (Wildman–Crippen LogP) is 1.92. The molecule has 2 aromatic carbocycles. The van der Waals surface area contributed by atoms with Crippen LogP contribution in [0, 0.1) is 0 Å². The average Bonchev–Trinajstić information content (AvgIpc) is 2.59. The van der Waals surface area contributed by atoms with Gasteiger partial charge in [-0.2, -0.15) is 8.42 Å². The average molecular weight is 389 g/mol. The van der Waals surface area contributed by atoms with Crippen LogP contribution in [0.3, 0.4) is 0 Å². The van der Waals surface area contributed by atoms with Gasteiger partial charge in [0.1, 0.15) is 11.5 Å². The molecule has 0 fully saturated rings. The van der Waals surface area contributed by atoms with Gasteiger partial charge < -0.3 is 14.2 Å². The number of carbonyl (C=O) groups excluding carboxylic acids is 2. The van der Waals surface area contributed by atoms with Crippen molar-refractivity contribution >= 4 is 51.6 Å². The van der Waals surface area contributed by atoms with Gasteiger partial charge in [-0.05, 0) is 42.5 Å². The molecule has 0 unspecified atom stereocenters. The van der Waals surface area contributed by atoms with Gasteiger partial charge in [0.05, 0.1) is 30.2 Å². The van der Waals surface area contributed by atoms with Gasteiger partial charge in [0.2, 0.25) is 0 Å². The first-order valence-electron chi connectivity index (χ1n) is 6.81. The van der Waals surface area contributed by atoms with Crippen LogP contribution in [0.4, 0.5) is 0 Å². The number of carbonyl (C=O) groups is 2. The van der Waals surface area contributed by atoms with E-state index in [0.717, 1.165) is 12.1 Å². The topological polar surface area (TPSA) is 116 Å². The SMILES string of the molecule is COC(=O)c1cc(Oc2ccc(S(=O)(=O)O)cc2)cc(C(=O)OC)c1.[Na]. The largest absolute Gasteiger partial charge is 0.465 e. The Morgan fingerprint density at radius 1 is 0.846 bits per heavy atom. The molecule has 1 N–H and O–H groups in total. The van der Waals surface area contributed by atoms with Crippen LogP contribution in [0.1, 0.15) is 20.7 Å². The first-order valence-corrected chi connectivity index (χ1v) is 8.25. The van der Waals surface area contributed by atoms with Crippen molar-refractivity contribution in [1.82, 2.24) is 0 Å². The van der Waals surface area contributed by atoms with Crippen molar-refractivity contribution in [3.8, 4) is 11.5 Å². The quantitative estimate of drug-likeness (QED) is 0.468. The Kier molecular flexibility index (Phi) is 7.79. The summed E-state index contributed by atoms with van der Waals surface area (Å²) in [7, 11) is -1.92. The van der Waals surface area contributed by atoms with Crippen LogP contribution >= 0.6 is 0 Å². The van der Waals surface area contributed by atoms with Crippen molar-refractivity contribution < 1.29 is 36.8 Å². The van der Waals surface area contributed by atoms with Gasteiger partial charge >= 0.3 is 11.9 Å². The van der Waals surface area contributed by atoms with Crippen LogP contribution in [0.2, 0.25) is 0 Å². The number of hydrogen-bond acceptors (Lipinski definition) is 7.